The van der Waals surface area contributed by atoms with Gasteiger partial charge >= 0.3 is 5.69 Å². The van der Waals surface area contributed by atoms with Crippen molar-refractivity contribution in [2.75, 3.05) is 31.1 Å². The first-order valence-corrected chi connectivity index (χ1v) is 11.8. The van der Waals surface area contributed by atoms with Crippen LogP contribution in [-0.2, 0) is 26.6 Å². The summed E-state index contributed by atoms with van der Waals surface area (Å²) < 4.78 is 3.38. The molecule has 0 aliphatic carbocycles. The topological polar surface area (TPSA) is 79.2 Å². The molecule has 0 radical (unpaired) electrons. The predicted molar refractivity (Wildman–Crippen MR) is 135 cm³/mol. The second-order valence-electron chi connectivity index (χ2n) is 8.68. The Bertz CT molecular complexity index is 1420. The zero-order valence-corrected chi connectivity index (χ0v) is 19.8. The molecule has 8 nitrogen and oxygen atoms in total. The highest BCUT2D eigenvalue weighted by atomic mass is 35.5. The van der Waals surface area contributed by atoms with E-state index >= 15 is 0 Å². The van der Waals surface area contributed by atoms with Crippen LogP contribution >= 0.6 is 11.6 Å². The Morgan fingerprint density at radius 1 is 0.971 bits per heavy atom. The van der Waals surface area contributed by atoms with Crippen LogP contribution in [0.3, 0.4) is 0 Å². The Morgan fingerprint density at radius 2 is 1.71 bits per heavy atom. The number of nitrogens with zero attached hydrogens (tertiary/aromatic N) is 5. The van der Waals surface area contributed by atoms with Gasteiger partial charge in [-0.2, -0.15) is 4.98 Å². The fourth-order valence-electron chi connectivity index (χ4n) is 4.56. The van der Waals surface area contributed by atoms with Gasteiger partial charge < -0.3 is 9.47 Å². The number of piperazine rings is 1. The van der Waals surface area contributed by atoms with Crippen molar-refractivity contribution in [1.29, 1.82) is 0 Å². The number of aromatic nitrogens is 4. The number of fused-ring (bicyclic) bond motifs is 1. The largest absolute Gasteiger partial charge is 0.340 e. The first-order chi connectivity index (χ1) is 16.5. The van der Waals surface area contributed by atoms with Crippen molar-refractivity contribution in [3.8, 4) is 0 Å². The molecule has 0 unspecified atom stereocenters. The number of nitrogens with one attached hydrogen (secondary N) is 1. The molecule has 4 aromatic rings. The number of rotatable bonds is 6. The highest BCUT2D eigenvalue weighted by Gasteiger charge is 2.25. The lowest BCUT2D eigenvalue weighted by molar-refractivity contribution is 0.248. The van der Waals surface area contributed by atoms with Crippen LogP contribution in [0.2, 0.25) is 5.02 Å². The van der Waals surface area contributed by atoms with Crippen LogP contribution in [0.4, 0.5) is 5.95 Å². The van der Waals surface area contributed by atoms with Gasteiger partial charge in [-0.25, -0.2) is 4.79 Å². The number of H-pyrrole nitrogens is 1. The molecule has 0 atom stereocenters. The molecule has 0 saturated carbocycles. The maximum atomic E-state index is 12.8. The normalized spacial score (nSPS) is 14.7. The molecule has 1 N–H and O–H groups in total. The quantitative estimate of drug-likeness (QED) is 0.461. The van der Waals surface area contributed by atoms with Crippen LogP contribution in [0.1, 0.15) is 11.1 Å². The molecule has 5 rings (SSSR count). The molecule has 1 aliphatic rings. The summed E-state index contributed by atoms with van der Waals surface area (Å²) >= 11 is 6.14. The van der Waals surface area contributed by atoms with Gasteiger partial charge in [0, 0.05) is 51.3 Å². The SMILES string of the molecule is Cn1c(=O)[nH]c(=O)c2c1nc(N1CCN(Cc3cccc(Cl)c3)CC1)n2CCc1ccccc1. The summed E-state index contributed by atoms with van der Waals surface area (Å²) in [5, 5.41) is 0.749. The molecule has 2 aromatic heterocycles. The molecule has 1 fully saturated rings. The number of hydrogen-bond acceptors (Lipinski definition) is 5. The molecule has 176 valence electrons. The van der Waals surface area contributed by atoms with Crippen LogP contribution in [0, 0.1) is 0 Å². The van der Waals surface area contributed by atoms with E-state index < -0.39 is 11.2 Å². The van der Waals surface area contributed by atoms with Crippen LogP contribution in [0.25, 0.3) is 11.2 Å². The van der Waals surface area contributed by atoms with Gasteiger partial charge in [0.1, 0.15) is 0 Å². The number of anilines is 1. The van der Waals surface area contributed by atoms with Crippen molar-refractivity contribution in [2.24, 2.45) is 7.05 Å². The van der Waals surface area contributed by atoms with Gasteiger partial charge in [-0.1, -0.05) is 54.1 Å². The van der Waals surface area contributed by atoms with E-state index in [0.29, 0.717) is 17.7 Å². The minimum absolute atomic E-state index is 0.399. The lowest BCUT2D eigenvalue weighted by Crippen LogP contribution is -2.47. The lowest BCUT2D eigenvalue weighted by Gasteiger charge is -2.35. The van der Waals surface area contributed by atoms with Crippen LogP contribution in [-0.4, -0.2) is 50.2 Å². The Hall–Kier alpha value is -3.36. The summed E-state index contributed by atoms with van der Waals surface area (Å²) in [5.41, 5.74) is 2.38. The van der Waals surface area contributed by atoms with E-state index in [-0.39, 0.29) is 0 Å². The van der Waals surface area contributed by atoms with Crippen molar-refractivity contribution in [3.05, 3.63) is 91.6 Å². The second kappa shape index (κ2) is 9.48. The number of imidazole rings is 1. The molecular formula is C25H27ClN6O2. The average molecular weight is 479 g/mol. The van der Waals surface area contributed by atoms with Gasteiger partial charge in [0.15, 0.2) is 11.2 Å². The predicted octanol–water partition coefficient (Wildman–Crippen LogP) is 2.64. The molecule has 34 heavy (non-hydrogen) atoms. The number of halogens is 1. The van der Waals surface area contributed by atoms with Crippen molar-refractivity contribution >= 4 is 28.7 Å². The minimum atomic E-state index is -0.455. The minimum Gasteiger partial charge on any atom is -0.340 e. The Labute approximate surface area is 202 Å². The van der Waals surface area contributed by atoms with Gasteiger partial charge in [-0.3, -0.25) is 19.2 Å². The summed E-state index contributed by atoms with van der Waals surface area (Å²) in [6.45, 7) is 4.72. The third-order valence-electron chi connectivity index (χ3n) is 6.40. The molecule has 0 bridgehead atoms. The molecule has 3 heterocycles. The molecule has 9 heteroatoms. The lowest BCUT2D eigenvalue weighted by atomic mass is 10.1. The van der Waals surface area contributed by atoms with Gasteiger partial charge in [-0.05, 0) is 29.7 Å². The van der Waals surface area contributed by atoms with Gasteiger partial charge in [0.25, 0.3) is 5.56 Å². The third kappa shape index (κ3) is 4.51. The molecule has 1 aliphatic heterocycles. The van der Waals surface area contributed by atoms with Crippen LogP contribution in [0.5, 0.6) is 0 Å². The second-order valence-corrected chi connectivity index (χ2v) is 9.12. The smallest absolute Gasteiger partial charge is 0.329 e. The van der Waals surface area contributed by atoms with E-state index in [2.05, 4.69) is 33.0 Å². The van der Waals surface area contributed by atoms with E-state index in [1.807, 2.05) is 41.0 Å². The van der Waals surface area contributed by atoms with Crippen molar-refractivity contribution in [3.63, 3.8) is 0 Å². The number of aromatic amines is 1. The van der Waals surface area contributed by atoms with E-state index in [4.69, 9.17) is 16.6 Å². The zero-order chi connectivity index (χ0) is 23.7. The summed E-state index contributed by atoms with van der Waals surface area (Å²) in [7, 11) is 1.64. The van der Waals surface area contributed by atoms with E-state index in [1.165, 1.54) is 15.7 Å². The van der Waals surface area contributed by atoms with Gasteiger partial charge in [0.05, 0.1) is 0 Å². The molecule has 2 aromatic carbocycles. The summed E-state index contributed by atoms with van der Waals surface area (Å²) in [5.74, 6) is 0.736. The number of aryl methyl sites for hydroxylation is 3. The summed E-state index contributed by atoms with van der Waals surface area (Å²) in [4.78, 5) is 36.8. The van der Waals surface area contributed by atoms with Crippen molar-refractivity contribution < 1.29 is 0 Å². The van der Waals surface area contributed by atoms with Crippen molar-refractivity contribution in [1.82, 2.24) is 24.0 Å². The molecule has 1 saturated heterocycles. The summed E-state index contributed by atoms with van der Waals surface area (Å²) in [6.07, 6.45) is 0.760. The molecule has 0 amide bonds. The maximum absolute atomic E-state index is 12.8. The standard InChI is InChI=1S/C25H27ClN6O2/c1-29-22-21(23(33)28-25(29)34)32(11-10-18-6-3-2-4-7-18)24(27-22)31-14-12-30(13-15-31)17-19-8-5-9-20(26)16-19/h2-9,16H,10-15,17H2,1H3,(H,28,33,34). The maximum Gasteiger partial charge on any atom is 0.329 e. The van der Waals surface area contributed by atoms with E-state index in [9.17, 15) is 9.59 Å². The Balaban J connectivity index is 1.42. The zero-order valence-electron chi connectivity index (χ0n) is 19.1. The monoisotopic (exact) mass is 478 g/mol. The first kappa shape index (κ1) is 22.4. The first-order valence-electron chi connectivity index (χ1n) is 11.4. The highest BCUT2D eigenvalue weighted by Crippen LogP contribution is 2.22. The fraction of sp³-hybridized carbons (Fsp3) is 0.320. The van der Waals surface area contributed by atoms with Gasteiger partial charge in [0.2, 0.25) is 5.95 Å². The fourth-order valence-corrected chi connectivity index (χ4v) is 4.77. The highest BCUT2D eigenvalue weighted by molar-refractivity contribution is 6.30. The Morgan fingerprint density at radius 3 is 2.44 bits per heavy atom. The Kier molecular flexibility index (Phi) is 6.26. The van der Waals surface area contributed by atoms with Crippen molar-refractivity contribution in [2.45, 2.75) is 19.5 Å². The third-order valence-corrected chi connectivity index (χ3v) is 6.64. The van der Waals surface area contributed by atoms with E-state index in [1.54, 1.807) is 7.05 Å². The molecular weight excluding hydrogens is 452 g/mol. The number of benzene rings is 2. The molecule has 0 spiro atoms. The number of hydrogen-bond donors (Lipinski definition) is 1. The average Bonchev–Trinajstić information content (AvgIpc) is 3.23. The van der Waals surface area contributed by atoms with Gasteiger partial charge in [-0.15, -0.1) is 0 Å². The van der Waals surface area contributed by atoms with Crippen LogP contribution < -0.4 is 16.1 Å². The summed E-state index contributed by atoms with van der Waals surface area (Å²) in [6, 6.07) is 18.1. The van der Waals surface area contributed by atoms with Crippen LogP contribution in [0.15, 0.2) is 64.2 Å². The van der Waals surface area contributed by atoms with E-state index in [0.717, 1.165) is 50.1 Å².